The Bertz CT molecular complexity index is 367. The Kier molecular flexibility index (Phi) is 5.15. The molecule has 9 heteroatoms. The second kappa shape index (κ2) is 6.53. The SMILES string of the molecule is C[C@H]1[C@@H](O)[C@H](COC2OC(CO)C(O)C(O)C2O)N1C=O. The zero-order chi connectivity index (χ0) is 15.7. The Morgan fingerprint density at radius 1 is 1.14 bits per heavy atom. The van der Waals surface area contributed by atoms with Crippen molar-refractivity contribution in [3.63, 3.8) is 0 Å². The maximum absolute atomic E-state index is 10.8. The average molecular weight is 307 g/mol. The smallest absolute Gasteiger partial charge is 0.210 e. The molecule has 2 rings (SSSR count). The summed E-state index contributed by atoms with van der Waals surface area (Å²) in [6.45, 7) is 1.03. The molecule has 9 nitrogen and oxygen atoms in total. The van der Waals surface area contributed by atoms with Gasteiger partial charge in [-0.05, 0) is 6.92 Å². The fraction of sp³-hybridized carbons (Fsp3) is 0.917. The van der Waals surface area contributed by atoms with E-state index in [-0.39, 0.29) is 12.6 Å². The van der Waals surface area contributed by atoms with Crippen LogP contribution in [0, 0.1) is 0 Å². The van der Waals surface area contributed by atoms with E-state index < -0.39 is 49.5 Å². The van der Waals surface area contributed by atoms with Crippen molar-refractivity contribution in [2.45, 2.75) is 55.8 Å². The summed E-state index contributed by atoms with van der Waals surface area (Å²) in [5.41, 5.74) is 0. The van der Waals surface area contributed by atoms with E-state index in [0.29, 0.717) is 6.41 Å². The van der Waals surface area contributed by atoms with Crippen molar-refractivity contribution in [1.82, 2.24) is 4.90 Å². The molecule has 2 fully saturated rings. The Morgan fingerprint density at radius 3 is 2.38 bits per heavy atom. The number of likely N-dealkylation sites (tertiary alicyclic amines) is 1. The van der Waals surface area contributed by atoms with Gasteiger partial charge in [0, 0.05) is 0 Å². The number of ether oxygens (including phenoxy) is 2. The van der Waals surface area contributed by atoms with E-state index >= 15 is 0 Å². The normalized spacial score (nSPS) is 47.0. The van der Waals surface area contributed by atoms with Gasteiger partial charge in [0.05, 0.1) is 31.4 Å². The molecule has 8 atom stereocenters. The highest BCUT2D eigenvalue weighted by atomic mass is 16.7. The summed E-state index contributed by atoms with van der Waals surface area (Å²) in [7, 11) is 0. The van der Waals surface area contributed by atoms with Crippen LogP contribution in [0.5, 0.6) is 0 Å². The molecule has 2 aliphatic heterocycles. The van der Waals surface area contributed by atoms with E-state index in [2.05, 4.69) is 0 Å². The van der Waals surface area contributed by atoms with Crippen LogP contribution in [0.1, 0.15) is 6.92 Å². The van der Waals surface area contributed by atoms with E-state index in [1.165, 1.54) is 4.90 Å². The molecule has 0 aromatic carbocycles. The van der Waals surface area contributed by atoms with Crippen LogP contribution in [-0.2, 0) is 14.3 Å². The number of hydrogen-bond acceptors (Lipinski definition) is 8. The average Bonchev–Trinajstić information content (AvgIpc) is 2.49. The molecule has 21 heavy (non-hydrogen) atoms. The first-order chi connectivity index (χ1) is 9.92. The highest BCUT2D eigenvalue weighted by Gasteiger charge is 2.47. The first kappa shape index (κ1) is 16.6. The zero-order valence-corrected chi connectivity index (χ0v) is 11.5. The molecule has 5 N–H and O–H groups in total. The lowest BCUT2D eigenvalue weighted by atomic mass is 9.92. The second-order valence-electron chi connectivity index (χ2n) is 5.38. The van der Waals surface area contributed by atoms with Crippen molar-refractivity contribution in [2.24, 2.45) is 0 Å². The first-order valence-electron chi connectivity index (χ1n) is 6.75. The van der Waals surface area contributed by atoms with E-state index in [0.717, 1.165) is 0 Å². The number of carbonyl (C=O) groups excluding carboxylic acids is 1. The maximum Gasteiger partial charge on any atom is 0.210 e. The van der Waals surface area contributed by atoms with Gasteiger partial charge in [-0.25, -0.2) is 0 Å². The topological polar surface area (TPSA) is 140 Å². The van der Waals surface area contributed by atoms with Crippen LogP contribution in [0.3, 0.4) is 0 Å². The van der Waals surface area contributed by atoms with E-state index in [4.69, 9.17) is 14.6 Å². The molecule has 1 amide bonds. The van der Waals surface area contributed by atoms with Crippen molar-refractivity contribution in [2.75, 3.05) is 13.2 Å². The van der Waals surface area contributed by atoms with E-state index in [9.17, 15) is 25.2 Å². The summed E-state index contributed by atoms with van der Waals surface area (Å²) < 4.78 is 10.4. The Hall–Kier alpha value is -0.810. The van der Waals surface area contributed by atoms with Crippen LogP contribution >= 0.6 is 0 Å². The van der Waals surface area contributed by atoms with Gasteiger partial charge in [0.15, 0.2) is 6.29 Å². The number of aliphatic hydroxyl groups is 5. The molecule has 0 radical (unpaired) electrons. The Balaban J connectivity index is 1.91. The van der Waals surface area contributed by atoms with Gasteiger partial charge in [-0.1, -0.05) is 0 Å². The third kappa shape index (κ3) is 2.90. The lowest BCUT2D eigenvalue weighted by Crippen LogP contribution is -2.68. The third-order valence-corrected chi connectivity index (χ3v) is 4.14. The van der Waals surface area contributed by atoms with E-state index in [1.807, 2.05) is 0 Å². The number of nitrogens with zero attached hydrogens (tertiary/aromatic N) is 1. The number of rotatable bonds is 5. The predicted molar refractivity (Wildman–Crippen MR) is 66.9 cm³/mol. The Labute approximate surface area is 121 Å². The lowest BCUT2D eigenvalue weighted by molar-refractivity contribution is -0.307. The molecule has 0 aromatic heterocycles. The van der Waals surface area contributed by atoms with Crippen LogP contribution in [0.25, 0.3) is 0 Å². The van der Waals surface area contributed by atoms with Gasteiger partial charge in [-0.3, -0.25) is 4.79 Å². The standard InChI is InChI=1S/C12H21NO8/c1-5-8(16)6(13(5)4-15)3-20-12-11(19)10(18)9(17)7(2-14)21-12/h4-12,14,16-19H,2-3H2,1H3/t5-,6-,7?,8+,9?,10?,11?,12?/m0/s1. The molecule has 2 heterocycles. The molecule has 0 aliphatic carbocycles. The quantitative estimate of drug-likeness (QED) is 0.328. The van der Waals surface area contributed by atoms with Gasteiger partial charge in [-0.2, -0.15) is 0 Å². The van der Waals surface area contributed by atoms with Crippen LogP contribution in [0.4, 0.5) is 0 Å². The minimum absolute atomic E-state index is 0.104. The summed E-state index contributed by atoms with van der Waals surface area (Å²) in [5, 5.41) is 47.8. The molecule has 0 spiro atoms. The second-order valence-corrected chi connectivity index (χ2v) is 5.38. The number of aliphatic hydroxyl groups excluding tert-OH is 5. The Morgan fingerprint density at radius 2 is 1.81 bits per heavy atom. The van der Waals surface area contributed by atoms with Crippen LogP contribution in [0.15, 0.2) is 0 Å². The van der Waals surface area contributed by atoms with Crippen molar-refractivity contribution in [3.05, 3.63) is 0 Å². The van der Waals surface area contributed by atoms with Gasteiger partial charge in [0.25, 0.3) is 0 Å². The number of hydrogen-bond donors (Lipinski definition) is 5. The predicted octanol–water partition coefficient (Wildman–Crippen LogP) is -3.61. The number of amides is 1. The van der Waals surface area contributed by atoms with Crippen LogP contribution in [0.2, 0.25) is 0 Å². The van der Waals surface area contributed by atoms with Crippen molar-refractivity contribution < 1.29 is 39.8 Å². The lowest BCUT2D eigenvalue weighted by Gasteiger charge is -2.49. The highest BCUT2D eigenvalue weighted by Crippen LogP contribution is 2.27. The molecule has 5 unspecified atom stereocenters. The van der Waals surface area contributed by atoms with Crippen molar-refractivity contribution >= 4 is 6.41 Å². The minimum atomic E-state index is -1.52. The van der Waals surface area contributed by atoms with Crippen LogP contribution in [-0.4, -0.2) is 98.9 Å². The number of carbonyl (C=O) groups is 1. The van der Waals surface area contributed by atoms with Crippen LogP contribution < -0.4 is 0 Å². The van der Waals surface area contributed by atoms with Gasteiger partial charge >= 0.3 is 0 Å². The molecule has 2 aliphatic rings. The zero-order valence-electron chi connectivity index (χ0n) is 11.5. The first-order valence-corrected chi connectivity index (χ1v) is 6.75. The molecule has 0 bridgehead atoms. The monoisotopic (exact) mass is 307 g/mol. The molecular formula is C12H21NO8. The van der Waals surface area contributed by atoms with Gasteiger partial charge in [-0.15, -0.1) is 0 Å². The maximum atomic E-state index is 10.8. The minimum Gasteiger partial charge on any atom is -0.394 e. The van der Waals surface area contributed by atoms with Gasteiger partial charge < -0.3 is 39.9 Å². The van der Waals surface area contributed by atoms with Crippen molar-refractivity contribution in [3.8, 4) is 0 Å². The fourth-order valence-corrected chi connectivity index (χ4v) is 2.63. The summed E-state index contributed by atoms with van der Waals surface area (Å²) in [4.78, 5) is 12.2. The summed E-state index contributed by atoms with van der Waals surface area (Å²) in [6.07, 6.45) is -6.95. The summed E-state index contributed by atoms with van der Waals surface area (Å²) in [5.74, 6) is 0. The highest BCUT2D eigenvalue weighted by molar-refractivity contribution is 5.51. The largest absolute Gasteiger partial charge is 0.394 e. The van der Waals surface area contributed by atoms with Gasteiger partial charge in [0.2, 0.25) is 6.41 Å². The molecular weight excluding hydrogens is 286 g/mol. The molecule has 0 saturated carbocycles. The third-order valence-electron chi connectivity index (χ3n) is 4.14. The molecule has 2 saturated heterocycles. The van der Waals surface area contributed by atoms with Crippen molar-refractivity contribution in [1.29, 1.82) is 0 Å². The fourth-order valence-electron chi connectivity index (χ4n) is 2.63. The van der Waals surface area contributed by atoms with Gasteiger partial charge in [0.1, 0.15) is 24.4 Å². The molecule has 122 valence electrons. The summed E-state index contributed by atoms with van der Waals surface area (Å²) in [6, 6.07) is -0.879. The van der Waals surface area contributed by atoms with E-state index in [1.54, 1.807) is 6.92 Å². The summed E-state index contributed by atoms with van der Waals surface area (Å²) >= 11 is 0. The molecule has 0 aromatic rings.